The molecule has 0 aliphatic heterocycles. The Morgan fingerprint density at radius 1 is 0.655 bits per heavy atom. The first-order chi connectivity index (χ1) is 14.0. The molecule has 0 aliphatic rings. The third-order valence-electron chi connectivity index (χ3n) is 4.81. The Bertz CT molecular complexity index is 710. The van der Waals surface area contributed by atoms with Crippen molar-refractivity contribution in [3.8, 4) is 0 Å². The molecule has 0 heterocycles. The molecule has 0 bridgehead atoms. The Balaban J connectivity index is 2.62. The first kappa shape index (κ1) is 25.1. The van der Waals surface area contributed by atoms with E-state index < -0.39 is 18.2 Å². The zero-order valence-corrected chi connectivity index (χ0v) is 24.8. The van der Waals surface area contributed by atoms with E-state index in [1.165, 1.54) is 6.25 Å². The molecule has 0 atom stereocenters. The van der Waals surface area contributed by atoms with Gasteiger partial charge in [-0.1, -0.05) is 0 Å². The zero-order valence-electron chi connectivity index (χ0n) is 17.6. The predicted octanol–water partition coefficient (Wildman–Crippen LogP) is 4.96. The molecule has 0 aliphatic carbocycles. The monoisotopic (exact) mass is 658 g/mol. The summed E-state index contributed by atoms with van der Waals surface area (Å²) in [4.78, 5) is 4.59. The van der Waals surface area contributed by atoms with Gasteiger partial charge in [0.1, 0.15) is 0 Å². The summed E-state index contributed by atoms with van der Waals surface area (Å²) in [6.45, 7) is 12.4. The van der Waals surface area contributed by atoms with Crippen LogP contribution in [0.2, 0.25) is 0 Å². The summed E-state index contributed by atoms with van der Waals surface area (Å²) in [5, 5.41) is 0. The van der Waals surface area contributed by atoms with E-state index in [2.05, 4.69) is 98.2 Å². The zero-order chi connectivity index (χ0) is 21.3. The van der Waals surface area contributed by atoms with Gasteiger partial charge in [0.25, 0.3) is 0 Å². The van der Waals surface area contributed by atoms with E-state index in [0.29, 0.717) is 0 Å². The molecule has 0 spiro atoms. The normalized spacial score (nSPS) is 11.2. The van der Waals surface area contributed by atoms with Crippen molar-refractivity contribution in [3.05, 3.63) is 60.7 Å². The summed E-state index contributed by atoms with van der Waals surface area (Å²) >= 11 is 8.37. The molecule has 2 rings (SSSR count). The second kappa shape index (κ2) is 12.6. The van der Waals surface area contributed by atoms with Crippen LogP contribution in [0.5, 0.6) is 0 Å². The molecule has 2 nitrogen and oxygen atoms in total. The Labute approximate surface area is 196 Å². The van der Waals surface area contributed by atoms with Gasteiger partial charge in [-0.25, -0.2) is 0 Å². The first-order valence-electron chi connectivity index (χ1n) is 10.1. The second-order valence-corrected chi connectivity index (χ2v) is 36.0. The minimum atomic E-state index is -3.57. The molecule has 0 radical (unpaired) electrons. The van der Waals surface area contributed by atoms with E-state index in [0.717, 1.165) is 34.8 Å². The molecule has 7 heteroatoms. The van der Waals surface area contributed by atoms with Crippen molar-refractivity contribution in [2.45, 2.75) is 27.7 Å². The molecule has 0 saturated carbocycles. The van der Waals surface area contributed by atoms with Crippen molar-refractivity contribution >= 4 is 74.1 Å². The van der Waals surface area contributed by atoms with Gasteiger partial charge in [0.2, 0.25) is 0 Å². The van der Waals surface area contributed by atoms with Crippen LogP contribution >= 0.6 is 41.1 Å². The van der Waals surface area contributed by atoms with E-state index in [-0.39, 0.29) is 0 Å². The molecule has 2 aromatic carbocycles. The van der Waals surface area contributed by atoms with E-state index in [1.54, 1.807) is 0 Å². The van der Waals surface area contributed by atoms with E-state index in [9.17, 15) is 0 Å². The van der Waals surface area contributed by atoms with Gasteiger partial charge in [0.15, 0.2) is 0 Å². The van der Waals surface area contributed by atoms with Crippen LogP contribution in [-0.4, -0.2) is 62.8 Å². The van der Waals surface area contributed by atoms with Gasteiger partial charge in [0.05, 0.1) is 0 Å². The summed E-state index contributed by atoms with van der Waals surface area (Å²) in [6, 6.07) is 21.9. The Kier molecular flexibility index (Phi) is 10.9. The third-order valence-corrected chi connectivity index (χ3v) is 43.1. The fourth-order valence-electron chi connectivity index (χ4n) is 3.08. The number of benzene rings is 2. The Morgan fingerprint density at radius 3 is 1.24 bits per heavy atom. The summed E-state index contributed by atoms with van der Waals surface area (Å²) < 4.78 is 4.84. The van der Waals surface area contributed by atoms with Crippen LogP contribution in [0.15, 0.2) is 60.7 Å². The van der Waals surface area contributed by atoms with Gasteiger partial charge < -0.3 is 0 Å². The summed E-state index contributed by atoms with van der Waals surface area (Å²) in [6.07, 6.45) is 0. The number of nitrogens with zero attached hydrogens (tertiary/aromatic N) is 2. The van der Waals surface area contributed by atoms with Crippen LogP contribution in [0.3, 0.4) is 0 Å². The van der Waals surface area contributed by atoms with Crippen LogP contribution in [0.4, 0.5) is 0 Å². The Hall–Kier alpha value is -0.158. The molecule has 0 fully saturated rings. The van der Waals surface area contributed by atoms with Gasteiger partial charge >= 0.3 is 198 Å². The van der Waals surface area contributed by atoms with Crippen molar-refractivity contribution in [1.82, 2.24) is 9.80 Å². The van der Waals surface area contributed by atoms with Crippen LogP contribution < -0.4 is 6.25 Å². The average Bonchev–Trinajstić information content (AvgIpc) is 2.76. The first-order valence-corrected chi connectivity index (χ1v) is 25.9. The van der Waals surface area contributed by atoms with E-state index in [4.69, 9.17) is 24.4 Å². The van der Waals surface area contributed by atoms with E-state index in [1.807, 2.05) is 16.6 Å². The molecular formula is C22H30N2PbS4. The van der Waals surface area contributed by atoms with Gasteiger partial charge in [-0.2, -0.15) is 0 Å². The molecule has 0 saturated heterocycles. The second-order valence-electron chi connectivity index (χ2n) is 6.43. The van der Waals surface area contributed by atoms with Crippen molar-refractivity contribution in [2.24, 2.45) is 0 Å². The summed E-state index contributed by atoms with van der Waals surface area (Å²) in [7, 11) is 3.90. The third kappa shape index (κ3) is 6.41. The van der Waals surface area contributed by atoms with Crippen molar-refractivity contribution in [2.75, 3.05) is 26.2 Å². The summed E-state index contributed by atoms with van der Waals surface area (Å²) in [5.41, 5.74) is 0. The van der Waals surface area contributed by atoms with Crippen molar-refractivity contribution in [3.63, 3.8) is 0 Å². The minimum absolute atomic E-state index is 0.932. The van der Waals surface area contributed by atoms with Crippen LogP contribution in [0.1, 0.15) is 27.7 Å². The van der Waals surface area contributed by atoms with Crippen molar-refractivity contribution < 1.29 is 0 Å². The standard InChI is InChI=1S/2C6H5.2C5H11NS2.Pb/c2*1-2-4-6-5-3-1;2*1-3-6(4-2)5(7)8;/h2*1-5H;2*3-4H2,1-2H3,(H,7,8);/q;;;;+2/p-2. The molecular weight excluding hydrogens is 628 g/mol. The van der Waals surface area contributed by atoms with Crippen LogP contribution in [-0.2, 0) is 0 Å². The maximum absolute atomic E-state index is 5.97. The maximum atomic E-state index is 5.97. The summed E-state index contributed by atoms with van der Waals surface area (Å²) in [5.74, 6) is 0. The fraction of sp³-hybridized carbons (Fsp3) is 0.364. The molecule has 0 N–H and O–H groups in total. The Morgan fingerprint density at radius 2 is 0.966 bits per heavy atom. The molecule has 0 amide bonds. The fourth-order valence-corrected chi connectivity index (χ4v) is 45.7. The average molecular weight is 658 g/mol. The van der Waals surface area contributed by atoms with Gasteiger partial charge in [-0.05, 0) is 0 Å². The topological polar surface area (TPSA) is 6.48 Å². The van der Waals surface area contributed by atoms with Gasteiger partial charge in [0, 0.05) is 0 Å². The number of rotatable bonds is 8. The number of hydrogen-bond donors (Lipinski definition) is 0. The van der Waals surface area contributed by atoms with Gasteiger partial charge in [-0.3, -0.25) is 0 Å². The quantitative estimate of drug-likeness (QED) is 0.291. The molecule has 156 valence electrons. The number of thiocarbonyl (C=S) groups is 2. The van der Waals surface area contributed by atoms with Gasteiger partial charge in [-0.15, -0.1) is 0 Å². The molecule has 29 heavy (non-hydrogen) atoms. The molecule has 2 aromatic rings. The molecule has 0 unspecified atom stereocenters. The van der Waals surface area contributed by atoms with Crippen LogP contribution in [0, 0.1) is 0 Å². The molecule has 0 aromatic heterocycles. The predicted molar refractivity (Wildman–Crippen MR) is 144 cm³/mol. The van der Waals surface area contributed by atoms with E-state index >= 15 is 0 Å². The van der Waals surface area contributed by atoms with Crippen molar-refractivity contribution in [1.29, 1.82) is 0 Å². The SMILES string of the molecule is CCN(CC)C(=S)[S][Pb]([S]C(=S)N(CC)CC)([c]1ccccc1)[c]1ccccc1. The van der Waals surface area contributed by atoms with Crippen LogP contribution in [0.25, 0.3) is 0 Å². The number of hydrogen-bond acceptors (Lipinski definition) is 4.